The number of nitrogens with one attached hydrogen (secondary N) is 2. The van der Waals surface area contributed by atoms with Crippen LogP contribution < -0.4 is 15.8 Å². The van der Waals surface area contributed by atoms with Crippen molar-refractivity contribution in [3.63, 3.8) is 0 Å². The molecule has 0 aliphatic carbocycles. The van der Waals surface area contributed by atoms with Crippen molar-refractivity contribution in [1.29, 1.82) is 0 Å². The first-order valence-corrected chi connectivity index (χ1v) is 8.79. The van der Waals surface area contributed by atoms with Crippen LogP contribution in [0.3, 0.4) is 0 Å². The van der Waals surface area contributed by atoms with Gasteiger partial charge in [0.05, 0.1) is 19.1 Å². The minimum Gasteiger partial charge on any atom is -0.374 e. The first-order chi connectivity index (χ1) is 12.8. The topological polar surface area (TPSA) is 90.6 Å². The lowest BCUT2D eigenvalue weighted by atomic mass is 10.1. The SMILES string of the molecule is Cc1c(N2CCO[C@@H](CC(=O)N3CCNCC3)C2)n[nH]c(=O)c1C(F)(F)F. The predicted molar refractivity (Wildman–Crippen MR) is 90.6 cm³/mol. The number of hydrogen-bond donors (Lipinski definition) is 2. The number of hydrogen-bond acceptors (Lipinski definition) is 6. The number of halogens is 3. The zero-order valence-electron chi connectivity index (χ0n) is 14.9. The summed E-state index contributed by atoms with van der Waals surface area (Å²) < 4.78 is 45.1. The fourth-order valence-corrected chi connectivity index (χ4v) is 3.45. The van der Waals surface area contributed by atoms with Gasteiger partial charge in [-0.15, -0.1) is 0 Å². The van der Waals surface area contributed by atoms with Gasteiger partial charge in [0.1, 0.15) is 5.56 Å². The molecule has 2 aliphatic heterocycles. The molecular weight excluding hydrogens is 367 g/mol. The summed E-state index contributed by atoms with van der Waals surface area (Å²) in [7, 11) is 0. The zero-order chi connectivity index (χ0) is 19.6. The third kappa shape index (κ3) is 4.41. The summed E-state index contributed by atoms with van der Waals surface area (Å²) in [6.45, 7) is 4.80. The number of carbonyl (C=O) groups excluding carboxylic acids is 1. The van der Waals surface area contributed by atoms with Crippen LogP contribution in [0.5, 0.6) is 0 Å². The van der Waals surface area contributed by atoms with Crippen molar-refractivity contribution in [2.45, 2.75) is 25.6 Å². The molecule has 2 N–H and O–H groups in total. The Morgan fingerprint density at radius 2 is 2.00 bits per heavy atom. The van der Waals surface area contributed by atoms with Crippen molar-refractivity contribution in [2.75, 3.05) is 50.8 Å². The average Bonchev–Trinajstić information content (AvgIpc) is 2.61. The second-order valence-electron chi connectivity index (χ2n) is 6.65. The Hall–Kier alpha value is -2.14. The van der Waals surface area contributed by atoms with E-state index in [2.05, 4.69) is 10.4 Å². The number of ether oxygens (including phenoxy) is 1. The fraction of sp³-hybridized carbons (Fsp3) is 0.688. The number of alkyl halides is 3. The number of carbonyl (C=O) groups is 1. The highest BCUT2D eigenvalue weighted by molar-refractivity contribution is 5.77. The Labute approximate surface area is 153 Å². The molecule has 11 heteroatoms. The van der Waals surface area contributed by atoms with Crippen LogP contribution in [0.4, 0.5) is 19.0 Å². The molecule has 1 amide bonds. The number of aromatic nitrogens is 2. The highest BCUT2D eigenvalue weighted by Gasteiger charge is 2.38. The third-order valence-electron chi connectivity index (χ3n) is 4.79. The van der Waals surface area contributed by atoms with Crippen LogP contribution in [0.15, 0.2) is 4.79 Å². The molecule has 150 valence electrons. The van der Waals surface area contributed by atoms with Crippen molar-refractivity contribution in [2.24, 2.45) is 0 Å². The molecule has 0 spiro atoms. The molecule has 0 radical (unpaired) electrons. The number of piperazine rings is 1. The van der Waals surface area contributed by atoms with Crippen molar-refractivity contribution < 1.29 is 22.7 Å². The van der Waals surface area contributed by atoms with Gasteiger partial charge in [0.15, 0.2) is 5.82 Å². The quantitative estimate of drug-likeness (QED) is 0.764. The highest BCUT2D eigenvalue weighted by Crippen LogP contribution is 2.32. The number of aromatic amines is 1. The number of H-pyrrole nitrogens is 1. The number of morpholine rings is 1. The molecule has 1 atom stereocenters. The number of anilines is 1. The van der Waals surface area contributed by atoms with Gasteiger partial charge in [-0.2, -0.15) is 18.3 Å². The van der Waals surface area contributed by atoms with Gasteiger partial charge in [0.25, 0.3) is 5.56 Å². The molecule has 8 nitrogen and oxygen atoms in total. The molecule has 0 aromatic carbocycles. The van der Waals surface area contributed by atoms with E-state index in [1.165, 1.54) is 6.92 Å². The third-order valence-corrected chi connectivity index (χ3v) is 4.79. The molecule has 0 bridgehead atoms. The van der Waals surface area contributed by atoms with Gasteiger partial charge in [-0.05, 0) is 6.92 Å². The van der Waals surface area contributed by atoms with Gasteiger partial charge in [0, 0.05) is 44.8 Å². The fourth-order valence-electron chi connectivity index (χ4n) is 3.45. The van der Waals surface area contributed by atoms with Crippen molar-refractivity contribution >= 4 is 11.7 Å². The first kappa shape index (κ1) is 19.6. The summed E-state index contributed by atoms with van der Waals surface area (Å²) in [6, 6.07) is 0. The largest absolute Gasteiger partial charge is 0.422 e. The van der Waals surface area contributed by atoms with Crippen molar-refractivity contribution in [3.05, 3.63) is 21.5 Å². The van der Waals surface area contributed by atoms with Crippen LogP contribution in [0.2, 0.25) is 0 Å². The molecule has 2 aliphatic rings. The van der Waals surface area contributed by atoms with Crippen LogP contribution in [-0.2, 0) is 15.7 Å². The van der Waals surface area contributed by atoms with E-state index >= 15 is 0 Å². The molecule has 1 aromatic rings. The Morgan fingerprint density at radius 1 is 1.30 bits per heavy atom. The van der Waals surface area contributed by atoms with Crippen LogP contribution in [0, 0.1) is 6.92 Å². The van der Waals surface area contributed by atoms with Crippen LogP contribution in [0.1, 0.15) is 17.5 Å². The lowest BCUT2D eigenvalue weighted by molar-refractivity contribution is -0.139. The van der Waals surface area contributed by atoms with E-state index < -0.39 is 23.4 Å². The zero-order valence-corrected chi connectivity index (χ0v) is 14.9. The minimum absolute atomic E-state index is 0.0366. The summed E-state index contributed by atoms with van der Waals surface area (Å²) in [5, 5.41) is 8.91. The Balaban J connectivity index is 1.73. The first-order valence-electron chi connectivity index (χ1n) is 8.79. The monoisotopic (exact) mass is 389 g/mol. The predicted octanol–water partition coefficient (Wildman–Crippen LogP) is 0.124. The maximum atomic E-state index is 13.2. The summed E-state index contributed by atoms with van der Waals surface area (Å²) in [6.07, 6.45) is -5.05. The van der Waals surface area contributed by atoms with Gasteiger partial charge in [-0.1, -0.05) is 0 Å². The van der Waals surface area contributed by atoms with Crippen LogP contribution >= 0.6 is 0 Å². The Morgan fingerprint density at radius 3 is 2.67 bits per heavy atom. The van der Waals surface area contributed by atoms with Gasteiger partial charge >= 0.3 is 6.18 Å². The standard InChI is InChI=1S/C16H22F3N5O3/c1-10-13(16(17,18)19)15(26)22-21-14(10)24-6-7-27-11(9-24)8-12(25)23-4-2-20-3-5-23/h11,20H,2-9H2,1H3,(H,22,26)/t11-/m0/s1. The Kier molecular flexibility index (Phi) is 5.70. The second kappa shape index (κ2) is 7.85. The van der Waals surface area contributed by atoms with Crippen LogP contribution in [-0.4, -0.2) is 73.0 Å². The maximum absolute atomic E-state index is 13.2. The number of nitrogens with zero attached hydrogens (tertiary/aromatic N) is 3. The highest BCUT2D eigenvalue weighted by atomic mass is 19.4. The van der Waals surface area contributed by atoms with Crippen LogP contribution in [0.25, 0.3) is 0 Å². The smallest absolute Gasteiger partial charge is 0.374 e. The number of amides is 1. The lowest BCUT2D eigenvalue weighted by Crippen LogP contribution is -2.49. The normalized spacial score (nSPS) is 21.4. The molecular formula is C16H22F3N5O3. The lowest BCUT2D eigenvalue weighted by Gasteiger charge is -2.35. The summed E-state index contributed by atoms with van der Waals surface area (Å²) in [4.78, 5) is 27.3. The minimum atomic E-state index is -4.76. The molecule has 1 aromatic heterocycles. The molecule has 3 heterocycles. The van der Waals surface area contributed by atoms with Gasteiger partial charge in [0.2, 0.25) is 5.91 Å². The molecule has 0 unspecified atom stereocenters. The number of rotatable bonds is 3. The Bertz CT molecular complexity index is 746. The maximum Gasteiger partial charge on any atom is 0.422 e. The summed E-state index contributed by atoms with van der Waals surface area (Å²) in [5.74, 6) is 0.0235. The van der Waals surface area contributed by atoms with Gasteiger partial charge < -0.3 is 19.9 Å². The van der Waals surface area contributed by atoms with Crippen molar-refractivity contribution in [1.82, 2.24) is 20.4 Å². The summed E-state index contributed by atoms with van der Waals surface area (Å²) in [5.41, 5.74) is -2.73. The van der Waals surface area contributed by atoms with E-state index in [0.29, 0.717) is 19.6 Å². The molecule has 2 saturated heterocycles. The van der Waals surface area contributed by atoms with Gasteiger partial charge in [-0.25, -0.2) is 5.10 Å². The average molecular weight is 389 g/mol. The molecule has 0 saturated carbocycles. The molecule has 3 rings (SSSR count). The van der Waals surface area contributed by atoms with E-state index in [1.54, 1.807) is 9.80 Å². The van der Waals surface area contributed by atoms with E-state index in [-0.39, 0.29) is 36.9 Å². The van der Waals surface area contributed by atoms with E-state index in [0.717, 1.165) is 13.1 Å². The van der Waals surface area contributed by atoms with Crippen molar-refractivity contribution in [3.8, 4) is 0 Å². The van der Waals surface area contributed by atoms with E-state index in [1.807, 2.05) is 5.10 Å². The van der Waals surface area contributed by atoms with Gasteiger partial charge in [-0.3, -0.25) is 9.59 Å². The molecule has 2 fully saturated rings. The van der Waals surface area contributed by atoms with E-state index in [9.17, 15) is 22.8 Å². The second-order valence-corrected chi connectivity index (χ2v) is 6.65. The van der Waals surface area contributed by atoms with E-state index in [4.69, 9.17) is 4.74 Å². The summed E-state index contributed by atoms with van der Waals surface area (Å²) >= 11 is 0. The molecule has 27 heavy (non-hydrogen) atoms.